The molecule has 3 saturated heterocycles. The van der Waals surface area contributed by atoms with Crippen LogP contribution in [0.4, 0.5) is 35.1 Å². The van der Waals surface area contributed by atoms with Crippen molar-refractivity contribution in [3.63, 3.8) is 0 Å². The van der Waals surface area contributed by atoms with Gasteiger partial charge in [0.1, 0.15) is 12.2 Å². The van der Waals surface area contributed by atoms with E-state index < -0.39 is 76.3 Å². The Balaban J connectivity index is 1.69. The molecule has 4 rings (SSSR count). The number of aliphatic hydroxyl groups is 1. The minimum Gasteiger partial charge on any atom is -0.457 e. The number of aliphatic hydroxyl groups excluding tert-OH is 1. The van der Waals surface area contributed by atoms with Crippen LogP contribution in [0.25, 0.3) is 0 Å². The molecule has 152 valence electrons. The van der Waals surface area contributed by atoms with Gasteiger partial charge in [-0.1, -0.05) is 0 Å². The van der Waals surface area contributed by atoms with Gasteiger partial charge in [-0.2, -0.15) is 35.1 Å². The summed E-state index contributed by atoms with van der Waals surface area (Å²) in [6, 6.07) is 0. The van der Waals surface area contributed by atoms with Crippen LogP contribution in [0.15, 0.2) is 0 Å². The highest BCUT2D eigenvalue weighted by Gasteiger charge is 2.95. The second-order valence-electron chi connectivity index (χ2n) is 6.81. The van der Waals surface area contributed by atoms with Crippen molar-refractivity contribution < 1.29 is 59.3 Å². The molecule has 4 fully saturated rings. The standard InChI is InChI=1S/C13H8F8O5S/c14-10(15)6(11(16,17)13(20,21)12(10,18)19)26-8(24)9-1-2-3(22)4(5(9)27-2)25-7(9)23/h2-6,22H,1H2. The number of carbonyl (C=O) groups is 2. The van der Waals surface area contributed by atoms with Gasteiger partial charge in [0.25, 0.3) is 0 Å². The number of carbonyl (C=O) groups excluding carboxylic acids is 2. The van der Waals surface area contributed by atoms with Crippen LogP contribution >= 0.6 is 11.8 Å². The van der Waals surface area contributed by atoms with E-state index in [0.717, 1.165) is 11.8 Å². The van der Waals surface area contributed by atoms with E-state index in [-0.39, 0.29) is 0 Å². The molecule has 3 aliphatic heterocycles. The Morgan fingerprint density at radius 1 is 1.07 bits per heavy atom. The third kappa shape index (κ3) is 1.77. The lowest BCUT2D eigenvalue weighted by Crippen LogP contribution is -2.53. The van der Waals surface area contributed by atoms with Crippen LogP contribution in [0, 0.1) is 5.41 Å². The zero-order valence-electron chi connectivity index (χ0n) is 12.6. The van der Waals surface area contributed by atoms with Crippen molar-refractivity contribution in [2.75, 3.05) is 0 Å². The monoisotopic (exact) mass is 428 g/mol. The van der Waals surface area contributed by atoms with E-state index in [4.69, 9.17) is 4.74 Å². The number of ether oxygens (including phenoxy) is 2. The first-order valence-corrected chi connectivity index (χ1v) is 8.35. The third-order valence-corrected chi connectivity index (χ3v) is 7.19. The second kappa shape index (κ2) is 4.81. The summed E-state index contributed by atoms with van der Waals surface area (Å²) in [7, 11) is 0. The number of halogens is 8. The van der Waals surface area contributed by atoms with Crippen LogP contribution < -0.4 is 0 Å². The second-order valence-corrected chi connectivity index (χ2v) is 8.20. The average molecular weight is 428 g/mol. The number of alkyl halides is 8. The van der Waals surface area contributed by atoms with Gasteiger partial charge in [0.2, 0.25) is 6.10 Å². The summed E-state index contributed by atoms with van der Waals surface area (Å²) < 4.78 is 116. The number of rotatable bonds is 2. The lowest BCUT2D eigenvalue weighted by atomic mass is 9.74. The molecule has 2 bridgehead atoms. The van der Waals surface area contributed by atoms with E-state index in [9.17, 15) is 49.8 Å². The Morgan fingerprint density at radius 2 is 1.59 bits per heavy atom. The van der Waals surface area contributed by atoms with Crippen LogP contribution in [-0.4, -0.2) is 69.5 Å². The molecule has 0 radical (unpaired) electrons. The Bertz CT molecular complexity index is 718. The van der Waals surface area contributed by atoms with Crippen molar-refractivity contribution in [3.8, 4) is 0 Å². The molecule has 1 aliphatic carbocycles. The van der Waals surface area contributed by atoms with Crippen molar-refractivity contribution in [2.45, 2.75) is 58.9 Å². The van der Waals surface area contributed by atoms with Gasteiger partial charge >= 0.3 is 35.6 Å². The molecule has 0 aromatic rings. The van der Waals surface area contributed by atoms with Crippen molar-refractivity contribution in [3.05, 3.63) is 0 Å². The van der Waals surface area contributed by atoms with E-state index in [1.165, 1.54) is 0 Å². The van der Waals surface area contributed by atoms with E-state index in [1.54, 1.807) is 0 Å². The molecule has 5 atom stereocenters. The molecular formula is C13H8F8O5S. The summed E-state index contributed by atoms with van der Waals surface area (Å²) in [6.07, 6.45) is -7.50. The Labute approximate surface area is 148 Å². The largest absolute Gasteiger partial charge is 0.457 e. The Morgan fingerprint density at radius 3 is 2.07 bits per heavy atom. The van der Waals surface area contributed by atoms with Gasteiger partial charge in [-0.25, -0.2) is 0 Å². The fourth-order valence-corrected chi connectivity index (χ4v) is 5.86. The van der Waals surface area contributed by atoms with Gasteiger partial charge in [-0.15, -0.1) is 11.8 Å². The van der Waals surface area contributed by atoms with E-state index in [0.29, 0.717) is 0 Å². The van der Waals surface area contributed by atoms with Gasteiger partial charge in [-0.3, -0.25) is 9.59 Å². The fourth-order valence-electron chi connectivity index (χ4n) is 3.91. The van der Waals surface area contributed by atoms with Gasteiger partial charge in [0.05, 0.1) is 5.25 Å². The molecule has 0 aromatic heterocycles. The third-order valence-electron chi connectivity index (χ3n) is 5.43. The highest BCUT2D eigenvalue weighted by atomic mass is 32.2. The highest BCUT2D eigenvalue weighted by molar-refractivity contribution is 8.01. The maximum atomic E-state index is 13.7. The quantitative estimate of drug-likeness (QED) is 0.410. The molecule has 3 heterocycles. The first-order valence-electron chi connectivity index (χ1n) is 7.41. The summed E-state index contributed by atoms with van der Waals surface area (Å²) in [4.78, 5) is 24.3. The van der Waals surface area contributed by atoms with Crippen LogP contribution in [0.1, 0.15) is 6.42 Å². The minimum absolute atomic E-state index is 0.547. The van der Waals surface area contributed by atoms with E-state index in [2.05, 4.69) is 4.74 Å². The maximum absolute atomic E-state index is 13.7. The van der Waals surface area contributed by atoms with Crippen molar-refractivity contribution in [1.82, 2.24) is 0 Å². The smallest absolute Gasteiger partial charge is 0.382 e. The first kappa shape index (κ1) is 19.0. The van der Waals surface area contributed by atoms with Crippen LogP contribution in [0.2, 0.25) is 0 Å². The molecule has 0 spiro atoms. The van der Waals surface area contributed by atoms with E-state index >= 15 is 0 Å². The van der Waals surface area contributed by atoms with Crippen molar-refractivity contribution in [1.29, 1.82) is 0 Å². The first-order chi connectivity index (χ1) is 12.1. The molecule has 27 heavy (non-hydrogen) atoms. The lowest BCUT2D eigenvalue weighted by Gasteiger charge is -2.30. The molecule has 5 unspecified atom stereocenters. The van der Waals surface area contributed by atoms with Gasteiger partial charge < -0.3 is 14.6 Å². The molecule has 1 saturated carbocycles. The topological polar surface area (TPSA) is 72.8 Å². The van der Waals surface area contributed by atoms with Gasteiger partial charge in [-0.05, 0) is 6.42 Å². The minimum atomic E-state index is -6.50. The normalized spacial score (nSPS) is 45.1. The average Bonchev–Trinajstić information content (AvgIpc) is 3.15. The SMILES string of the molecule is O=C1OC2C(O)C3CC1(C(=O)OC1C(F)(F)C(F)(F)C(F)(F)C1(F)F)C2S3. The molecule has 4 aliphatic rings. The van der Waals surface area contributed by atoms with Gasteiger partial charge in [0.15, 0.2) is 5.41 Å². The molecule has 0 aromatic carbocycles. The van der Waals surface area contributed by atoms with E-state index in [1.807, 2.05) is 0 Å². The lowest BCUT2D eigenvalue weighted by molar-refractivity contribution is -0.303. The number of hydrogen-bond acceptors (Lipinski definition) is 6. The predicted octanol–water partition coefficient (Wildman–Crippen LogP) is 1.61. The summed E-state index contributed by atoms with van der Waals surface area (Å²) >= 11 is 0.839. The highest BCUT2D eigenvalue weighted by Crippen LogP contribution is 2.66. The summed E-state index contributed by atoms with van der Waals surface area (Å²) in [6.45, 7) is 0. The van der Waals surface area contributed by atoms with Crippen LogP contribution in [0.3, 0.4) is 0 Å². The zero-order valence-corrected chi connectivity index (χ0v) is 13.4. The van der Waals surface area contributed by atoms with Crippen LogP contribution in [0.5, 0.6) is 0 Å². The Hall–Kier alpha value is -1.31. The zero-order chi connectivity index (χ0) is 20.4. The maximum Gasteiger partial charge on any atom is 0.382 e. The summed E-state index contributed by atoms with van der Waals surface area (Å²) in [5, 5.41) is 7.83. The summed E-state index contributed by atoms with van der Waals surface area (Å²) in [5.41, 5.74) is -2.40. The number of esters is 2. The number of fused-ring (bicyclic) bond motifs is 1. The number of hydrogen-bond donors (Lipinski definition) is 1. The molecule has 1 N–H and O–H groups in total. The van der Waals surface area contributed by atoms with Gasteiger partial charge in [0, 0.05) is 5.25 Å². The van der Waals surface area contributed by atoms with Crippen molar-refractivity contribution >= 4 is 23.7 Å². The molecular weight excluding hydrogens is 420 g/mol. The van der Waals surface area contributed by atoms with Crippen LogP contribution in [-0.2, 0) is 19.1 Å². The number of thioether (sulfide) groups is 1. The fraction of sp³-hybridized carbons (Fsp3) is 0.846. The summed E-state index contributed by atoms with van der Waals surface area (Å²) in [5.74, 6) is -28.6. The molecule has 14 heteroatoms. The Kier molecular flexibility index (Phi) is 3.39. The van der Waals surface area contributed by atoms with Crippen molar-refractivity contribution in [2.24, 2.45) is 5.41 Å². The molecule has 5 nitrogen and oxygen atoms in total. The predicted molar refractivity (Wildman–Crippen MR) is 67.8 cm³/mol. The molecule has 0 amide bonds.